The molecular weight excluding hydrogens is 457 g/mol. The SMILES string of the molecule is C=CCC1C(NC)CC2CCCCC2C1C1=C(CI)C(O)CC2CCCCC12. The summed E-state index contributed by atoms with van der Waals surface area (Å²) in [6.07, 6.45) is 16.6. The van der Waals surface area contributed by atoms with Gasteiger partial charge in [0.15, 0.2) is 0 Å². The Balaban J connectivity index is 1.80. The van der Waals surface area contributed by atoms with Gasteiger partial charge in [0.2, 0.25) is 0 Å². The van der Waals surface area contributed by atoms with Crippen LogP contribution in [0.25, 0.3) is 0 Å². The van der Waals surface area contributed by atoms with Crippen LogP contribution in [-0.2, 0) is 0 Å². The van der Waals surface area contributed by atoms with Gasteiger partial charge in [-0.1, -0.05) is 66.3 Å². The summed E-state index contributed by atoms with van der Waals surface area (Å²) in [5, 5.41) is 14.9. The topological polar surface area (TPSA) is 32.3 Å². The summed E-state index contributed by atoms with van der Waals surface area (Å²) < 4.78 is 1.01. The maximum Gasteiger partial charge on any atom is 0.0763 e. The Morgan fingerprint density at radius 2 is 1.79 bits per heavy atom. The second-order valence-electron chi connectivity index (χ2n) is 10.1. The molecule has 0 aromatic rings. The van der Waals surface area contributed by atoms with E-state index in [9.17, 15) is 5.11 Å². The summed E-state index contributed by atoms with van der Waals surface area (Å²) in [7, 11) is 2.17. The molecule has 0 aromatic carbocycles. The Labute approximate surface area is 186 Å². The van der Waals surface area contributed by atoms with Gasteiger partial charge in [0, 0.05) is 10.5 Å². The van der Waals surface area contributed by atoms with Crippen LogP contribution in [-0.4, -0.2) is 28.7 Å². The van der Waals surface area contributed by atoms with Crippen LogP contribution in [0.2, 0.25) is 0 Å². The van der Waals surface area contributed by atoms with Crippen molar-refractivity contribution >= 4 is 22.6 Å². The van der Waals surface area contributed by atoms with Gasteiger partial charge >= 0.3 is 0 Å². The first-order chi connectivity index (χ1) is 13.7. The minimum atomic E-state index is -0.187. The van der Waals surface area contributed by atoms with E-state index < -0.39 is 0 Å². The van der Waals surface area contributed by atoms with Gasteiger partial charge in [0.1, 0.15) is 0 Å². The van der Waals surface area contributed by atoms with E-state index in [-0.39, 0.29) is 6.10 Å². The minimum absolute atomic E-state index is 0.187. The van der Waals surface area contributed by atoms with Gasteiger partial charge in [-0.25, -0.2) is 0 Å². The predicted molar refractivity (Wildman–Crippen MR) is 127 cm³/mol. The zero-order valence-electron chi connectivity index (χ0n) is 17.7. The van der Waals surface area contributed by atoms with Crippen LogP contribution < -0.4 is 5.32 Å². The zero-order valence-corrected chi connectivity index (χ0v) is 19.9. The third kappa shape index (κ3) is 3.89. The lowest BCUT2D eigenvalue weighted by atomic mass is 9.52. The van der Waals surface area contributed by atoms with Crippen LogP contribution in [0.1, 0.15) is 70.6 Å². The lowest BCUT2D eigenvalue weighted by Crippen LogP contribution is -2.52. The smallest absolute Gasteiger partial charge is 0.0763 e. The van der Waals surface area contributed by atoms with E-state index >= 15 is 0 Å². The highest BCUT2D eigenvalue weighted by atomic mass is 127. The number of aliphatic hydroxyl groups is 1. The van der Waals surface area contributed by atoms with Crippen LogP contribution in [0.15, 0.2) is 23.8 Å². The van der Waals surface area contributed by atoms with Crippen molar-refractivity contribution in [1.82, 2.24) is 5.32 Å². The maximum atomic E-state index is 11.1. The largest absolute Gasteiger partial charge is 0.389 e. The lowest BCUT2D eigenvalue weighted by Gasteiger charge is -2.54. The summed E-state index contributed by atoms with van der Waals surface area (Å²) in [6, 6.07) is 0.603. The predicted octanol–water partition coefficient (Wildman–Crippen LogP) is 5.90. The highest BCUT2D eigenvalue weighted by molar-refractivity contribution is 14.1. The number of halogens is 1. The van der Waals surface area contributed by atoms with Gasteiger partial charge in [-0.3, -0.25) is 0 Å². The van der Waals surface area contributed by atoms with Crippen LogP contribution in [0.5, 0.6) is 0 Å². The van der Waals surface area contributed by atoms with Crippen LogP contribution in [0.3, 0.4) is 0 Å². The molecule has 0 heterocycles. The first-order valence-electron chi connectivity index (χ1n) is 11.9. The van der Waals surface area contributed by atoms with Gasteiger partial charge in [-0.05, 0) is 86.7 Å². The normalized spacial score (nSPS) is 44.0. The van der Waals surface area contributed by atoms with Crippen LogP contribution in [0.4, 0.5) is 0 Å². The van der Waals surface area contributed by atoms with E-state index in [0.717, 1.165) is 40.9 Å². The molecule has 0 aromatic heterocycles. The number of alkyl halides is 1. The molecule has 3 saturated carbocycles. The molecule has 4 aliphatic carbocycles. The quantitative estimate of drug-likeness (QED) is 0.282. The van der Waals surface area contributed by atoms with E-state index in [0.29, 0.717) is 17.9 Å². The standard InChI is InChI=1S/C25H40INO/c1-3-8-20-22(27-2)13-16-9-4-6-11-18(16)24(20)25-19-12-7-5-10-17(19)14-23(28)21(25)15-26/h3,16-20,22-24,27-28H,1,4-15H2,2H3. The fraction of sp³-hybridized carbons (Fsp3) is 0.840. The third-order valence-electron chi connectivity index (χ3n) is 8.88. The molecule has 4 rings (SSSR count). The molecule has 4 aliphatic rings. The van der Waals surface area contributed by atoms with Crippen LogP contribution >= 0.6 is 22.6 Å². The first-order valence-corrected chi connectivity index (χ1v) is 13.5. The van der Waals surface area contributed by atoms with Crippen molar-refractivity contribution in [3.05, 3.63) is 23.8 Å². The van der Waals surface area contributed by atoms with E-state index in [1.807, 2.05) is 0 Å². The van der Waals surface area contributed by atoms with Gasteiger partial charge in [-0.15, -0.1) is 6.58 Å². The number of hydrogen-bond acceptors (Lipinski definition) is 2. The number of nitrogens with one attached hydrogen (secondary N) is 1. The van der Waals surface area contributed by atoms with Gasteiger partial charge in [-0.2, -0.15) is 0 Å². The third-order valence-corrected chi connectivity index (χ3v) is 9.71. The molecule has 0 bridgehead atoms. The van der Waals surface area contributed by atoms with Crippen LogP contribution in [0, 0.1) is 35.5 Å². The number of rotatable bonds is 5. The molecule has 0 radical (unpaired) electrons. The Morgan fingerprint density at radius 1 is 1.07 bits per heavy atom. The van der Waals surface area contributed by atoms with E-state index in [4.69, 9.17) is 0 Å². The Kier molecular flexibility index (Phi) is 7.26. The van der Waals surface area contributed by atoms with Crippen molar-refractivity contribution in [2.75, 3.05) is 11.5 Å². The lowest BCUT2D eigenvalue weighted by molar-refractivity contribution is 0.0282. The summed E-state index contributed by atoms with van der Waals surface area (Å²) >= 11 is 2.53. The summed E-state index contributed by atoms with van der Waals surface area (Å²) in [5.41, 5.74) is 3.19. The summed E-state index contributed by atoms with van der Waals surface area (Å²) in [5.74, 6) is 4.51. The van der Waals surface area contributed by atoms with E-state index in [1.54, 1.807) is 5.57 Å². The molecule has 0 aliphatic heterocycles. The van der Waals surface area contributed by atoms with Gasteiger partial charge in [0.25, 0.3) is 0 Å². The van der Waals surface area contributed by atoms with E-state index in [2.05, 4.69) is 47.6 Å². The highest BCUT2D eigenvalue weighted by Crippen LogP contribution is 2.56. The Hall–Kier alpha value is 0.130. The van der Waals surface area contributed by atoms with Gasteiger partial charge < -0.3 is 10.4 Å². The Bertz CT molecular complexity index is 587. The first kappa shape index (κ1) is 21.4. The molecule has 2 nitrogen and oxygen atoms in total. The van der Waals surface area contributed by atoms with Crippen molar-refractivity contribution in [2.24, 2.45) is 35.5 Å². The molecule has 0 saturated heterocycles. The number of aliphatic hydroxyl groups excluding tert-OH is 1. The molecule has 8 unspecified atom stereocenters. The van der Waals surface area contributed by atoms with E-state index in [1.165, 1.54) is 63.4 Å². The number of allylic oxidation sites excluding steroid dienone is 2. The molecule has 158 valence electrons. The highest BCUT2D eigenvalue weighted by Gasteiger charge is 2.50. The van der Waals surface area contributed by atoms with Crippen molar-refractivity contribution in [2.45, 2.75) is 82.8 Å². The minimum Gasteiger partial charge on any atom is -0.389 e. The fourth-order valence-electron chi connectivity index (χ4n) is 7.75. The molecule has 0 spiro atoms. The molecule has 3 fully saturated rings. The Morgan fingerprint density at radius 3 is 2.50 bits per heavy atom. The zero-order chi connectivity index (χ0) is 19.7. The summed E-state index contributed by atoms with van der Waals surface area (Å²) in [6.45, 7) is 4.15. The second kappa shape index (κ2) is 9.51. The van der Waals surface area contributed by atoms with Crippen molar-refractivity contribution in [3.63, 3.8) is 0 Å². The molecule has 8 atom stereocenters. The second-order valence-corrected chi connectivity index (χ2v) is 10.8. The molecular formula is C25H40INO. The average molecular weight is 498 g/mol. The number of fused-ring (bicyclic) bond motifs is 2. The van der Waals surface area contributed by atoms with Crippen molar-refractivity contribution in [1.29, 1.82) is 0 Å². The molecule has 28 heavy (non-hydrogen) atoms. The van der Waals surface area contributed by atoms with Crippen molar-refractivity contribution < 1.29 is 5.11 Å². The van der Waals surface area contributed by atoms with Gasteiger partial charge in [0.05, 0.1) is 6.10 Å². The summed E-state index contributed by atoms with van der Waals surface area (Å²) in [4.78, 5) is 0. The van der Waals surface area contributed by atoms with Crippen molar-refractivity contribution in [3.8, 4) is 0 Å². The fourth-order valence-corrected chi connectivity index (χ4v) is 8.70. The maximum absolute atomic E-state index is 11.1. The molecule has 2 N–H and O–H groups in total. The number of hydrogen-bond donors (Lipinski definition) is 2. The average Bonchev–Trinajstić information content (AvgIpc) is 2.72. The molecule has 0 amide bonds. The molecule has 3 heteroatoms. The monoisotopic (exact) mass is 497 g/mol.